The zero-order valence-electron chi connectivity index (χ0n) is 16.7. The molecule has 0 spiro atoms. The maximum absolute atomic E-state index is 12.8. The van der Waals surface area contributed by atoms with Gasteiger partial charge in [0, 0.05) is 38.3 Å². The number of rotatable bonds is 4. The molecule has 1 aliphatic rings. The van der Waals surface area contributed by atoms with Gasteiger partial charge in [-0.25, -0.2) is 4.79 Å². The second-order valence-corrected chi connectivity index (χ2v) is 8.30. The summed E-state index contributed by atoms with van der Waals surface area (Å²) in [6.45, 7) is 11.6. The molecule has 1 fully saturated rings. The fourth-order valence-electron chi connectivity index (χ4n) is 3.06. The molecule has 1 aromatic carbocycles. The number of amides is 3. The van der Waals surface area contributed by atoms with Gasteiger partial charge in [0.05, 0.1) is 0 Å². The Labute approximate surface area is 157 Å². The monoisotopic (exact) mass is 359 g/mol. The van der Waals surface area contributed by atoms with Crippen molar-refractivity contribution in [3.05, 3.63) is 35.4 Å². The van der Waals surface area contributed by atoms with E-state index in [0.29, 0.717) is 32.7 Å². The molecule has 1 aromatic rings. The fourth-order valence-corrected chi connectivity index (χ4v) is 3.06. The van der Waals surface area contributed by atoms with Crippen LogP contribution in [-0.4, -0.2) is 54.5 Å². The highest BCUT2D eigenvalue weighted by Crippen LogP contribution is 2.13. The summed E-state index contributed by atoms with van der Waals surface area (Å²) < 4.78 is 0. The number of aryl methyl sites for hydroxylation is 1. The number of nitrogens with one attached hydrogen (secondary N) is 1. The molecule has 0 aliphatic carbocycles. The molecule has 0 bridgehead atoms. The van der Waals surface area contributed by atoms with Crippen LogP contribution in [0, 0.1) is 5.41 Å². The molecule has 5 nitrogen and oxygen atoms in total. The molecule has 1 aliphatic heterocycles. The van der Waals surface area contributed by atoms with Crippen molar-refractivity contribution in [1.29, 1.82) is 0 Å². The van der Waals surface area contributed by atoms with Crippen LogP contribution < -0.4 is 5.32 Å². The third kappa shape index (κ3) is 6.04. The molecule has 0 saturated carbocycles. The van der Waals surface area contributed by atoms with Crippen LogP contribution >= 0.6 is 0 Å². The lowest BCUT2D eigenvalue weighted by molar-refractivity contribution is 0.0762. The van der Waals surface area contributed by atoms with E-state index in [1.165, 1.54) is 5.56 Å². The summed E-state index contributed by atoms with van der Waals surface area (Å²) >= 11 is 0. The Morgan fingerprint density at radius 2 is 1.62 bits per heavy atom. The zero-order valence-corrected chi connectivity index (χ0v) is 16.7. The van der Waals surface area contributed by atoms with Crippen LogP contribution in [0.15, 0.2) is 24.3 Å². The number of urea groups is 1. The van der Waals surface area contributed by atoms with Gasteiger partial charge in [0.25, 0.3) is 5.91 Å². The number of carbonyl (C=O) groups excluding carboxylic acids is 2. The average Bonchev–Trinajstić information content (AvgIpc) is 2.85. The van der Waals surface area contributed by atoms with Crippen LogP contribution in [0.5, 0.6) is 0 Å². The predicted molar refractivity (Wildman–Crippen MR) is 105 cm³/mol. The second-order valence-electron chi connectivity index (χ2n) is 8.30. The van der Waals surface area contributed by atoms with Crippen molar-refractivity contribution in [3.8, 4) is 0 Å². The molecule has 3 amide bonds. The molecule has 1 saturated heterocycles. The van der Waals surface area contributed by atoms with Crippen molar-refractivity contribution in [2.75, 3.05) is 32.7 Å². The van der Waals surface area contributed by atoms with Crippen LogP contribution in [0.3, 0.4) is 0 Å². The third-order valence-corrected chi connectivity index (χ3v) is 4.58. The standard InChI is InChI=1S/C21H33N3O2/c1-5-7-17-8-10-18(11-9-17)19(25)23-12-6-13-24(15-14-23)20(26)22-16-21(2,3)4/h8-11H,5-7,12-16H2,1-4H3,(H,22,26). The topological polar surface area (TPSA) is 52.7 Å². The number of hydrogen-bond donors (Lipinski definition) is 1. The molecule has 1 N–H and O–H groups in total. The van der Waals surface area contributed by atoms with Crippen molar-refractivity contribution >= 4 is 11.9 Å². The lowest BCUT2D eigenvalue weighted by atomic mass is 9.97. The minimum absolute atomic E-state index is 0.0295. The highest BCUT2D eigenvalue weighted by atomic mass is 16.2. The molecule has 0 aromatic heterocycles. The van der Waals surface area contributed by atoms with Crippen LogP contribution in [-0.2, 0) is 6.42 Å². The van der Waals surface area contributed by atoms with E-state index in [1.807, 2.05) is 34.1 Å². The van der Waals surface area contributed by atoms with E-state index < -0.39 is 0 Å². The number of nitrogens with zero attached hydrogens (tertiary/aromatic N) is 2. The minimum atomic E-state index is -0.0295. The van der Waals surface area contributed by atoms with Crippen molar-refractivity contribution in [1.82, 2.24) is 15.1 Å². The van der Waals surface area contributed by atoms with E-state index >= 15 is 0 Å². The summed E-state index contributed by atoms with van der Waals surface area (Å²) in [5.41, 5.74) is 2.06. The van der Waals surface area contributed by atoms with Crippen molar-refractivity contribution in [3.63, 3.8) is 0 Å². The largest absolute Gasteiger partial charge is 0.337 e. The van der Waals surface area contributed by atoms with Gasteiger partial charge in [0.1, 0.15) is 0 Å². The van der Waals surface area contributed by atoms with Gasteiger partial charge in [0.2, 0.25) is 0 Å². The number of hydrogen-bond acceptors (Lipinski definition) is 2. The maximum Gasteiger partial charge on any atom is 0.317 e. The Bertz CT molecular complexity index is 605. The fraction of sp³-hybridized carbons (Fsp3) is 0.619. The molecule has 0 atom stereocenters. The quantitative estimate of drug-likeness (QED) is 0.894. The zero-order chi connectivity index (χ0) is 19.2. The van der Waals surface area contributed by atoms with E-state index in [-0.39, 0.29) is 17.4 Å². The second kappa shape index (κ2) is 9.06. The van der Waals surface area contributed by atoms with E-state index in [0.717, 1.165) is 24.8 Å². The van der Waals surface area contributed by atoms with Crippen LogP contribution in [0.4, 0.5) is 4.79 Å². The molecular formula is C21H33N3O2. The molecular weight excluding hydrogens is 326 g/mol. The van der Waals surface area contributed by atoms with Gasteiger partial charge in [-0.1, -0.05) is 46.2 Å². The summed E-state index contributed by atoms with van der Waals surface area (Å²) in [6, 6.07) is 7.90. The smallest absolute Gasteiger partial charge is 0.317 e. The first-order chi connectivity index (χ1) is 12.3. The molecule has 0 unspecified atom stereocenters. The van der Waals surface area contributed by atoms with Crippen molar-refractivity contribution in [2.24, 2.45) is 5.41 Å². The molecule has 2 rings (SSSR count). The lowest BCUT2D eigenvalue weighted by Gasteiger charge is -2.25. The molecule has 0 radical (unpaired) electrons. The van der Waals surface area contributed by atoms with E-state index in [2.05, 4.69) is 33.0 Å². The van der Waals surface area contributed by atoms with E-state index in [9.17, 15) is 9.59 Å². The highest BCUT2D eigenvalue weighted by Gasteiger charge is 2.23. The summed E-state index contributed by atoms with van der Waals surface area (Å²) in [7, 11) is 0. The van der Waals surface area contributed by atoms with Gasteiger partial charge in [-0.2, -0.15) is 0 Å². The normalized spacial score (nSPS) is 15.5. The Morgan fingerprint density at radius 3 is 2.23 bits per heavy atom. The highest BCUT2D eigenvalue weighted by molar-refractivity contribution is 5.94. The molecule has 26 heavy (non-hydrogen) atoms. The maximum atomic E-state index is 12.8. The van der Waals surface area contributed by atoms with Gasteiger partial charge >= 0.3 is 6.03 Å². The van der Waals surface area contributed by atoms with Gasteiger partial charge in [-0.05, 0) is 36.0 Å². The minimum Gasteiger partial charge on any atom is -0.337 e. The number of benzene rings is 1. The van der Waals surface area contributed by atoms with Crippen LogP contribution in [0.2, 0.25) is 0 Å². The Kier molecular flexibility index (Phi) is 7.06. The van der Waals surface area contributed by atoms with Crippen molar-refractivity contribution in [2.45, 2.75) is 47.0 Å². The van der Waals surface area contributed by atoms with E-state index in [1.54, 1.807) is 0 Å². The predicted octanol–water partition coefficient (Wildman–Crippen LogP) is 3.54. The summed E-state index contributed by atoms with van der Waals surface area (Å²) in [4.78, 5) is 28.8. The van der Waals surface area contributed by atoms with Gasteiger partial charge in [-0.3, -0.25) is 4.79 Å². The third-order valence-electron chi connectivity index (χ3n) is 4.58. The summed E-state index contributed by atoms with van der Waals surface area (Å²) in [5, 5.41) is 3.00. The van der Waals surface area contributed by atoms with Gasteiger partial charge in [-0.15, -0.1) is 0 Å². The van der Waals surface area contributed by atoms with Crippen LogP contribution in [0.25, 0.3) is 0 Å². The Balaban J connectivity index is 1.90. The lowest BCUT2D eigenvalue weighted by Crippen LogP contribution is -2.44. The molecule has 144 valence electrons. The first kappa shape index (κ1) is 20.3. The molecule has 1 heterocycles. The SMILES string of the molecule is CCCc1ccc(C(=O)N2CCCN(C(=O)NCC(C)(C)C)CC2)cc1. The van der Waals surface area contributed by atoms with Gasteiger partial charge in [0.15, 0.2) is 0 Å². The summed E-state index contributed by atoms with van der Waals surface area (Å²) in [6.07, 6.45) is 2.95. The summed E-state index contributed by atoms with van der Waals surface area (Å²) in [5.74, 6) is 0.0602. The first-order valence-corrected chi connectivity index (χ1v) is 9.71. The Hall–Kier alpha value is -2.04. The van der Waals surface area contributed by atoms with Gasteiger partial charge < -0.3 is 15.1 Å². The van der Waals surface area contributed by atoms with Crippen LogP contribution in [0.1, 0.15) is 56.5 Å². The van der Waals surface area contributed by atoms with E-state index in [4.69, 9.17) is 0 Å². The number of carbonyl (C=O) groups is 2. The molecule has 5 heteroatoms. The van der Waals surface area contributed by atoms with Crippen molar-refractivity contribution < 1.29 is 9.59 Å². The first-order valence-electron chi connectivity index (χ1n) is 9.71. The Morgan fingerprint density at radius 1 is 1.00 bits per heavy atom. The average molecular weight is 360 g/mol.